The highest BCUT2D eigenvalue weighted by molar-refractivity contribution is 5.96. The highest BCUT2D eigenvalue weighted by atomic mass is 16.5. The van der Waals surface area contributed by atoms with Crippen molar-refractivity contribution in [3.8, 4) is 11.5 Å². The number of rotatable bonds is 8. The molecule has 0 atom stereocenters. The average Bonchev–Trinajstić information content (AvgIpc) is 2.38. The number of ether oxygens (including phenoxy) is 2. The van der Waals surface area contributed by atoms with E-state index >= 15 is 0 Å². The highest BCUT2D eigenvalue weighted by Crippen LogP contribution is 2.29. The molecule has 0 saturated carbocycles. The van der Waals surface area contributed by atoms with Crippen LogP contribution in [0.4, 0.5) is 0 Å². The third-order valence-corrected chi connectivity index (χ3v) is 2.64. The minimum Gasteiger partial charge on any atom is -0.490 e. The van der Waals surface area contributed by atoms with Gasteiger partial charge in [-0.05, 0) is 45.4 Å². The first-order valence-corrected chi connectivity index (χ1v) is 6.65. The second-order valence-corrected chi connectivity index (χ2v) is 4.41. The predicted molar refractivity (Wildman–Crippen MR) is 77.2 cm³/mol. The fourth-order valence-corrected chi connectivity index (χ4v) is 1.70. The van der Waals surface area contributed by atoms with Gasteiger partial charge in [-0.2, -0.15) is 0 Å². The van der Waals surface area contributed by atoms with E-state index in [1.807, 2.05) is 20.8 Å². The maximum atomic E-state index is 12.0. The zero-order chi connectivity index (χ0) is 14.3. The quantitative estimate of drug-likeness (QED) is 0.524. The second-order valence-electron chi connectivity index (χ2n) is 4.41. The molecule has 1 aromatic carbocycles. The van der Waals surface area contributed by atoms with Crippen molar-refractivity contribution >= 4 is 5.78 Å². The third kappa shape index (κ3) is 4.78. The minimum atomic E-state index is 0.104. The van der Waals surface area contributed by atoms with Gasteiger partial charge in [-0.15, -0.1) is 6.58 Å². The average molecular weight is 262 g/mol. The molecule has 0 aromatic heterocycles. The number of carbonyl (C=O) groups excluding carboxylic acids is 1. The van der Waals surface area contributed by atoms with Crippen LogP contribution >= 0.6 is 0 Å². The molecule has 19 heavy (non-hydrogen) atoms. The van der Waals surface area contributed by atoms with E-state index in [0.29, 0.717) is 36.7 Å². The number of hydrogen-bond donors (Lipinski definition) is 0. The molecule has 0 aliphatic rings. The Morgan fingerprint density at radius 3 is 2.32 bits per heavy atom. The molecule has 0 bridgehead atoms. The number of benzene rings is 1. The number of allylic oxidation sites excluding steroid dienone is 1. The summed E-state index contributed by atoms with van der Waals surface area (Å²) in [6.45, 7) is 10.7. The number of ketones is 1. The summed E-state index contributed by atoms with van der Waals surface area (Å²) in [5.41, 5.74) is 1.68. The van der Waals surface area contributed by atoms with Crippen LogP contribution in [0.2, 0.25) is 0 Å². The highest BCUT2D eigenvalue weighted by Gasteiger charge is 2.11. The maximum Gasteiger partial charge on any atom is 0.163 e. The molecule has 1 rings (SSSR count). The molecule has 0 saturated heterocycles. The first-order valence-electron chi connectivity index (χ1n) is 6.65. The van der Waals surface area contributed by atoms with Gasteiger partial charge in [-0.1, -0.05) is 5.57 Å². The van der Waals surface area contributed by atoms with Crippen molar-refractivity contribution in [2.24, 2.45) is 0 Å². The fourth-order valence-electron chi connectivity index (χ4n) is 1.70. The van der Waals surface area contributed by atoms with E-state index in [1.165, 1.54) is 0 Å². The molecule has 0 amide bonds. The van der Waals surface area contributed by atoms with Gasteiger partial charge < -0.3 is 9.47 Å². The Bertz CT molecular complexity index is 449. The van der Waals surface area contributed by atoms with E-state index in [4.69, 9.17) is 9.47 Å². The number of carbonyl (C=O) groups is 1. The molecular weight excluding hydrogens is 240 g/mol. The molecular formula is C16H22O3. The Morgan fingerprint density at radius 2 is 1.74 bits per heavy atom. The van der Waals surface area contributed by atoms with Gasteiger partial charge in [0.1, 0.15) is 0 Å². The largest absolute Gasteiger partial charge is 0.490 e. The van der Waals surface area contributed by atoms with Crippen molar-refractivity contribution in [2.45, 2.75) is 33.6 Å². The molecule has 0 heterocycles. The zero-order valence-corrected chi connectivity index (χ0v) is 12.0. The van der Waals surface area contributed by atoms with Crippen LogP contribution in [0, 0.1) is 0 Å². The van der Waals surface area contributed by atoms with Gasteiger partial charge >= 0.3 is 0 Å². The number of hydrogen-bond acceptors (Lipinski definition) is 3. The van der Waals surface area contributed by atoms with Gasteiger partial charge in [0.25, 0.3) is 0 Å². The SMILES string of the molecule is C=C(C)CCC(=O)c1ccc(OCC)c(OCC)c1. The smallest absolute Gasteiger partial charge is 0.163 e. The van der Waals surface area contributed by atoms with Crippen LogP contribution in [0.25, 0.3) is 0 Å². The van der Waals surface area contributed by atoms with E-state index < -0.39 is 0 Å². The summed E-state index contributed by atoms with van der Waals surface area (Å²) < 4.78 is 11.0. The summed E-state index contributed by atoms with van der Waals surface area (Å²) in [5, 5.41) is 0. The van der Waals surface area contributed by atoms with Crippen molar-refractivity contribution in [3.05, 3.63) is 35.9 Å². The van der Waals surface area contributed by atoms with Gasteiger partial charge in [0.05, 0.1) is 13.2 Å². The van der Waals surface area contributed by atoms with E-state index in [2.05, 4.69) is 6.58 Å². The van der Waals surface area contributed by atoms with Crippen molar-refractivity contribution < 1.29 is 14.3 Å². The Kier molecular flexibility index (Phi) is 6.13. The van der Waals surface area contributed by atoms with Crippen molar-refractivity contribution in [1.29, 1.82) is 0 Å². The summed E-state index contributed by atoms with van der Waals surface area (Å²) in [5.74, 6) is 1.42. The van der Waals surface area contributed by atoms with E-state index in [9.17, 15) is 4.79 Å². The van der Waals surface area contributed by atoms with Crippen LogP contribution in [0.5, 0.6) is 11.5 Å². The molecule has 0 spiro atoms. The van der Waals surface area contributed by atoms with E-state index in [-0.39, 0.29) is 5.78 Å². The third-order valence-electron chi connectivity index (χ3n) is 2.64. The topological polar surface area (TPSA) is 35.5 Å². The van der Waals surface area contributed by atoms with Crippen LogP contribution in [0.3, 0.4) is 0 Å². The van der Waals surface area contributed by atoms with E-state index in [1.54, 1.807) is 18.2 Å². The Balaban J connectivity index is 2.87. The molecule has 104 valence electrons. The van der Waals surface area contributed by atoms with Gasteiger partial charge in [0.2, 0.25) is 0 Å². The molecule has 0 aliphatic carbocycles. The van der Waals surface area contributed by atoms with Crippen LogP contribution in [-0.2, 0) is 0 Å². The van der Waals surface area contributed by atoms with Gasteiger partial charge in [-0.3, -0.25) is 4.79 Å². The first-order chi connectivity index (χ1) is 9.08. The molecule has 1 aromatic rings. The first kappa shape index (κ1) is 15.3. The van der Waals surface area contributed by atoms with E-state index in [0.717, 1.165) is 12.0 Å². The standard InChI is InChI=1S/C16H22O3/c1-5-18-15-10-8-13(11-16(15)19-6-2)14(17)9-7-12(3)4/h8,10-11H,3,5-7,9H2,1-2,4H3. The molecule has 0 N–H and O–H groups in total. The van der Waals surface area contributed by atoms with Crippen molar-refractivity contribution in [2.75, 3.05) is 13.2 Å². The number of Topliss-reactive ketones (excluding diaryl/α,β-unsaturated/α-hetero) is 1. The molecule has 0 aliphatic heterocycles. The normalized spacial score (nSPS) is 10.1. The van der Waals surface area contributed by atoms with Crippen LogP contribution in [-0.4, -0.2) is 19.0 Å². The summed E-state index contributed by atoms with van der Waals surface area (Å²) >= 11 is 0. The van der Waals surface area contributed by atoms with Crippen molar-refractivity contribution in [1.82, 2.24) is 0 Å². The zero-order valence-electron chi connectivity index (χ0n) is 12.0. The lowest BCUT2D eigenvalue weighted by molar-refractivity contribution is 0.0982. The van der Waals surface area contributed by atoms with Gasteiger partial charge in [0, 0.05) is 12.0 Å². The van der Waals surface area contributed by atoms with Gasteiger partial charge in [-0.25, -0.2) is 0 Å². The molecule has 0 fully saturated rings. The summed E-state index contributed by atoms with van der Waals surface area (Å²) in [6.07, 6.45) is 1.20. The Labute approximate surface area is 115 Å². The summed E-state index contributed by atoms with van der Waals surface area (Å²) in [7, 11) is 0. The maximum absolute atomic E-state index is 12.0. The summed E-state index contributed by atoms with van der Waals surface area (Å²) in [4.78, 5) is 12.0. The molecule has 0 unspecified atom stereocenters. The second kappa shape index (κ2) is 7.62. The Morgan fingerprint density at radius 1 is 1.11 bits per heavy atom. The molecule has 3 heteroatoms. The molecule has 0 radical (unpaired) electrons. The fraction of sp³-hybridized carbons (Fsp3) is 0.438. The lowest BCUT2D eigenvalue weighted by atomic mass is 10.0. The Hall–Kier alpha value is -1.77. The minimum absolute atomic E-state index is 0.104. The lowest BCUT2D eigenvalue weighted by Gasteiger charge is -2.12. The molecule has 3 nitrogen and oxygen atoms in total. The van der Waals surface area contributed by atoms with Crippen LogP contribution < -0.4 is 9.47 Å². The lowest BCUT2D eigenvalue weighted by Crippen LogP contribution is -2.03. The monoisotopic (exact) mass is 262 g/mol. The van der Waals surface area contributed by atoms with Crippen LogP contribution in [0.1, 0.15) is 44.0 Å². The van der Waals surface area contributed by atoms with Gasteiger partial charge in [0.15, 0.2) is 17.3 Å². The predicted octanol–water partition coefficient (Wildman–Crippen LogP) is 4.02. The van der Waals surface area contributed by atoms with Crippen LogP contribution in [0.15, 0.2) is 30.4 Å². The summed E-state index contributed by atoms with van der Waals surface area (Å²) in [6, 6.07) is 5.34. The van der Waals surface area contributed by atoms with Crippen molar-refractivity contribution in [3.63, 3.8) is 0 Å².